The first kappa shape index (κ1) is 30.8. The highest BCUT2D eigenvalue weighted by atomic mass is 31.2. The zero-order valence-electron chi connectivity index (χ0n) is 29.2. The van der Waals surface area contributed by atoms with Crippen LogP contribution in [-0.2, 0) is 4.57 Å². The Labute approximate surface area is 312 Å². The number of anilines is 4. The molecule has 256 valence electrons. The van der Waals surface area contributed by atoms with Crippen LogP contribution >= 0.6 is 7.44 Å². The lowest BCUT2D eigenvalue weighted by atomic mass is 10.1. The smallest absolute Gasteiger partial charge is 0.301 e. The fourth-order valence-electron chi connectivity index (χ4n) is 8.53. The van der Waals surface area contributed by atoms with Gasteiger partial charge in [-0.3, -0.25) is 13.9 Å². The van der Waals surface area contributed by atoms with Gasteiger partial charge in [-0.25, -0.2) is 0 Å². The van der Waals surface area contributed by atoms with E-state index in [2.05, 4.69) is 140 Å². The maximum Gasteiger partial charge on any atom is 0.301 e. The molecule has 54 heavy (non-hydrogen) atoms. The van der Waals surface area contributed by atoms with Gasteiger partial charge in [-0.1, -0.05) is 109 Å². The Bertz CT molecular complexity index is 3080. The molecule has 0 saturated heterocycles. The Hall–Kier alpha value is -6.81. The lowest BCUT2D eigenvalue weighted by Gasteiger charge is -2.33. The summed E-state index contributed by atoms with van der Waals surface area (Å²) in [4.78, 5) is 0. The average molecular weight is 713 g/mol. The van der Waals surface area contributed by atoms with Gasteiger partial charge in [0.05, 0.1) is 38.7 Å². The predicted octanol–water partition coefficient (Wildman–Crippen LogP) is 12.7. The zero-order valence-corrected chi connectivity index (χ0v) is 30.1. The molecule has 0 aliphatic carbocycles. The molecule has 0 spiro atoms. The summed E-state index contributed by atoms with van der Waals surface area (Å²) in [6.45, 7) is 0. The van der Waals surface area contributed by atoms with Crippen molar-refractivity contribution in [3.63, 3.8) is 0 Å². The van der Waals surface area contributed by atoms with E-state index < -0.39 is 7.44 Å². The molecule has 1 aliphatic rings. The molecular weight excluding hydrogens is 680 g/mol. The van der Waals surface area contributed by atoms with Gasteiger partial charge in [0.25, 0.3) is 0 Å². The molecule has 0 radical (unpaired) electrons. The van der Waals surface area contributed by atoms with E-state index in [1.165, 1.54) is 27.1 Å². The Morgan fingerprint density at radius 3 is 1.31 bits per heavy atom. The van der Waals surface area contributed by atoms with Crippen molar-refractivity contribution in [3.05, 3.63) is 200 Å². The normalized spacial score (nSPS) is 15.5. The summed E-state index contributed by atoms with van der Waals surface area (Å²) in [5.74, 6) is 0. The molecule has 3 heterocycles. The molecule has 0 fully saturated rings. The summed E-state index contributed by atoms with van der Waals surface area (Å²) < 4.78 is 25.1. The van der Waals surface area contributed by atoms with Crippen LogP contribution < -0.4 is 14.6 Å². The Kier molecular flexibility index (Phi) is 6.76. The molecule has 5 nitrogen and oxygen atoms in total. The monoisotopic (exact) mass is 712 g/mol. The molecule has 11 rings (SSSR count). The minimum atomic E-state index is -3.50. The fourth-order valence-corrected chi connectivity index (χ4v) is 11.5. The first-order chi connectivity index (χ1) is 26.7. The standard InChI is InChI=1S/C48H33N4OP/c53-54(38-23-11-4-12-24-38)51(35-19-7-2-8-20-35)45-30-29-37(31-48(45)52(54)36-21-9-3-10-22-36)50-44-28-16-14-26-40(44)42-32-41-39-25-13-15-27-43(39)49(46(41)33-47(42)50)34-17-5-1-6-18-34/h1-33H. The van der Waals surface area contributed by atoms with Gasteiger partial charge in [0.15, 0.2) is 0 Å². The molecule has 10 aromatic rings. The number of hydrogen-bond donors (Lipinski definition) is 0. The van der Waals surface area contributed by atoms with Gasteiger partial charge in [0.1, 0.15) is 0 Å². The highest BCUT2D eigenvalue weighted by Crippen LogP contribution is 2.70. The second-order valence-electron chi connectivity index (χ2n) is 13.8. The SMILES string of the molecule is O=P1(c2ccccc2)N(c2ccccc2)c2ccc(-n3c4ccccc4c4cc5c6ccccc6n(-c6ccccc6)c5cc43)cc2N1c1ccccc1. The van der Waals surface area contributed by atoms with Gasteiger partial charge in [0, 0.05) is 44.3 Å². The number of benzene rings is 8. The summed E-state index contributed by atoms with van der Waals surface area (Å²) in [6, 6.07) is 69.4. The molecule has 2 aromatic heterocycles. The maximum atomic E-state index is 16.2. The lowest BCUT2D eigenvalue weighted by Crippen LogP contribution is -2.26. The van der Waals surface area contributed by atoms with E-state index in [1.807, 2.05) is 78.9 Å². The van der Waals surface area contributed by atoms with Gasteiger partial charge < -0.3 is 9.13 Å². The topological polar surface area (TPSA) is 33.4 Å². The molecule has 8 aromatic carbocycles. The van der Waals surface area contributed by atoms with E-state index in [0.29, 0.717) is 0 Å². The van der Waals surface area contributed by atoms with E-state index >= 15 is 4.57 Å². The molecular formula is C48H33N4OP. The van der Waals surface area contributed by atoms with E-state index in [0.717, 1.165) is 56.0 Å². The van der Waals surface area contributed by atoms with Crippen molar-refractivity contribution in [2.45, 2.75) is 0 Å². The van der Waals surface area contributed by atoms with Crippen molar-refractivity contribution < 1.29 is 4.57 Å². The fraction of sp³-hybridized carbons (Fsp3) is 0. The number of rotatable bonds is 5. The third-order valence-corrected chi connectivity index (χ3v) is 13.7. The van der Waals surface area contributed by atoms with Gasteiger partial charge in [-0.15, -0.1) is 0 Å². The van der Waals surface area contributed by atoms with Gasteiger partial charge in [-0.05, 0) is 91.0 Å². The van der Waals surface area contributed by atoms with Crippen molar-refractivity contribution in [2.24, 2.45) is 0 Å². The van der Waals surface area contributed by atoms with Gasteiger partial charge >= 0.3 is 7.44 Å². The van der Waals surface area contributed by atoms with E-state index in [-0.39, 0.29) is 0 Å². The van der Waals surface area contributed by atoms with Crippen LogP contribution in [0.15, 0.2) is 200 Å². The first-order valence-electron chi connectivity index (χ1n) is 18.2. The molecule has 0 bridgehead atoms. The Morgan fingerprint density at radius 2 is 0.759 bits per heavy atom. The highest BCUT2D eigenvalue weighted by Gasteiger charge is 2.49. The van der Waals surface area contributed by atoms with E-state index in [9.17, 15) is 0 Å². The van der Waals surface area contributed by atoms with Crippen LogP contribution in [0.4, 0.5) is 22.7 Å². The predicted molar refractivity (Wildman–Crippen MR) is 226 cm³/mol. The quantitative estimate of drug-likeness (QED) is 0.167. The van der Waals surface area contributed by atoms with Crippen LogP contribution in [0.2, 0.25) is 0 Å². The van der Waals surface area contributed by atoms with Crippen LogP contribution in [0.5, 0.6) is 0 Å². The van der Waals surface area contributed by atoms with Crippen molar-refractivity contribution in [1.82, 2.24) is 9.13 Å². The third-order valence-electron chi connectivity index (χ3n) is 10.8. The number of para-hydroxylation sites is 5. The number of fused-ring (bicyclic) bond motifs is 7. The molecule has 0 amide bonds. The second-order valence-corrected chi connectivity index (χ2v) is 16.2. The average Bonchev–Trinajstić information content (AvgIpc) is 3.84. The minimum Gasteiger partial charge on any atom is -0.309 e. The molecule has 1 unspecified atom stereocenters. The number of hydrogen-bond acceptors (Lipinski definition) is 1. The summed E-state index contributed by atoms with van der Waals surface area (Å²) >= 11 is 0. The van der Waals surface area contributed by atoms with Gasteiger partial charge in [-0.2, -0.15) is 0 Å². The minimum absolute atomic E-state index is 0.767. The van der Waals surface area contributed by atoms with Crippen molar-refractivity contribution in [2.75, 3.05) is 9.34 Å². The van der Waals surface area contributed by atoms with Gasteiger partial charge in [0.2, 0.25) is 0 Å². The van der Waals surface area contributed by atoms with Crippen LogP contribution in [0.25, 0.3) is 55.0 Å². The molecule has 0 saturated carbocycles. The summed E-state index contributed by atoms with van der Waals surface area (Å²) in [5.41, 5.74) is 10.2. The molecule has 1 aliphatic heterocycles. The summed E-state index contributed by atoms with van der Waals surface area (Å²) in [7, 11) is -3.50. The van der Waals surface area contributed by atoms with Crippen molar-refractivity contribution >= 4 is 79.1 Å². The van der Waals surface area contributed by atoms with Crippen LogP contribution in [0, 0.1) is 0 Å². The summed E-state index contributed by atoms with van der Waals surface area (Å²) in [5, 5.41) is 5.59. The zero-order chi connectivity index (χ0) is 35.8. The van der Waals surface area contributed by atoms with Crippen LogP contribution in [-0.4, -0.2) is 9.13 Å². The van der Waals surface area contributed by atoms with Crippen LogP contribution in [0.1, 0.15) is 0 Å². The number of nitrogens with zero attached hydrogens (tertiary/aromatic N) is 4. The molecule has 0 N–H and O–H groups in total. The van der Waals surface area contributed by atoms with E-state index in [4.69, 9.17) is 0 Å². The Balaban J connectivity index is 1.22. The largest absolute Gasteiger partial charge is 0.309 e. The highest BCUT2D eigenvalue weighted by molar-refractivity contribution is 7.76. The van der Waals surface area contributed by atoms with E-state index in [1.54, 1.807) is 0 Å². The van der Waals surface area contributed by atoms with Crippen molar-refractivity contribution in [3.8, 4) is 11.4 Å². The maximum absolute atomic E-state index is 16.2. The first-order valence-corrected chi connectivity index (χ1v) is 19.8. The Morgan fingerprint density at radius 1 is 0.315 bits per heavy atom. The molecule has 1 atom stereocenters. The van der Waals surface area contributed by atoms with Crippen LogP contribution in [0.3, 0.4) is 0 Å². The summed E-state index contributed by atoms with van der Waals surface area (Å²) in [6.07, 6.45) is 0. The lowest BCUT2D eigenvalue weighted by molar-refractivity contribution is 0.582. The molecule has 6 heteroatoms. The third kappa shape index (κ3) is 4.36. The second kappa shape index (κ2) is 11.9. The number of aromatic nitrogens is 2. The van der Waals surface area contributed by atoms with Crippen molar-refractivity contribution in [1.29, 1.82) is 0 Å².